The molecule has 0 fully saturated rings. The molecule has 0 bridgehead atoms. The van der Waals surface area contributed by atoms with Crippen LogP contribution in [0.2, 0.25) is 0 Å². The first-order chi connectivity index (χ1) is 10.2. The number of aryl methyl sites for hydroxylation is 1. The molecule has 0 saturated carbocycles. The summed E-state index contributed by atoms with van der Waals surface area (Å²) in [4.78, 5) is 21.5. The average molecular weight is 276 g/mol. The number of para-hydroxylation sites is 1. The van der Waals surface area contributed by atoms with Crippen LogP contribution in [0.3, 0.4) is 0 Å². The van der Waals surface area contributed by atoms with E-state index in [9.17, 15) is 4.79 Å². The van der Waals surface area contributed by atoms with E-state index in [2.05, 4.69) is 15.1 Å². The first kappa shape index (κ1) is 11.8. The van der Waals surface area contributed by atoms with Crippen LogP contribution in [-0.4, -0.2) is 19.6 Å². The van der Waals surface area contributed by atoms with Gasteiger partial charge in [-0.3, -0.25) is 9.89 Å². The zero-order valence-electron chi connectivity index (χ0n) is 11.4. The summed E-state index contributed by atoms with van der Waals surface area (Å²) in [5, 5.41) is 3.62. The van der Waals surface area contributed by atoms with E-state index in [-0.39, 0.29) is 5.56 Å². The molecule has 21 heavy (non-hydrogen) atoms. The van der Waals surface area contributed by atoms with Crippen molar-refractivity contribution in [3.05, 3.63) is 64.4 Å². The van der Waals surface area contributed by atoms with E-state index < -0.39 is 0 Å². The maximum Gasteiger partial charge on any atom is 0.281 e. The van der Waals surface area contributed by atoms with Gasteiger partial charge < -0.3 is 0 Å². The fourth-order valence-electron chi connectivity index (χ4n) is 2.47. The fraction of sp³-hybridized carbons (Fsp3) is 0.0625. The van der Waals surface area contributed by atoms with Crippen LogP contribution in [0, 0.1) is 6.92 Å². The predicted molar refractivity (Wildman–Crippen MR) is 81.3 cm³/mol. The number of benzene rings is 2. The molecule has 2 heterocycles. The lowest BCUT2D eigenvalue weighted by Gasteiger charge is -2.00. The lowest BCUT2D eigenvalue weighted by atomic mass is 10.1. The van der Waals surface area contributed by atoms with Gasteiger partial charge in [0.25, 0.3) is 11.3 Å². The third kappa shape index (κ3) is 1.74. The number of fused-ring (bicyclic) bond motifs is 2. The van der Waals surface area contributed by atoms with Gasteiger partial charge in [0.05, 0.1) is 10.9 Å². The van der Waals surface area contributed by atoms with Gasteiger partial charge >= 0.3 is 0 Å². The highest BCUT2D eigenvalue weighted by Crippen LogP contribution is 2.17. The molecule has 0 radical (unpaired) electrons. The minimum atomic E-state index is -0.131. The van der Waals surface area contributed by atoms with Gasteiger partial charge in [-0.25, -0.2) is 4.98 Å². The monoisotopic (exact) mass is 276 g/mol. The normalized spacial score (nSPS) is 11.3. The molecule has 0 aliphatic heterocycles. The van der Waals surface area contributed by atoms with Crippen LogP contribution >= 0.6 is 0 Å². The number of hydrogen-bond donors (Lipinski definition) is 1. The van der Waals surface area contributed by atoms with Gasteiger partial charge in [-0.1, -0.05) is 42.5 Å². The SMILES string of the molecule is Cc1cccc2c(=O)n3[nH]c(-c4ccccc4)nc3nc12. The van der Waals surface area contributed by atoms with E-state index in [1.54, 1.807) is 6.07 Å². The van der Waals surface area contributed by atoms with Crippen molar-refractivity contribution in [3.8, 4) is 11.4 Å². The highest BCUT2D eigenvalue weighted by atomic mass is 16.1. The largest absolute Gasteiger partial charge is 0.281 e. The Hall–Kier alpha value is -2.95. The quantitative estimate of drug-likeness (QED) is 0.581. The number of aromatic nitrogens is 4. The van der Waals surface area contributed by atoms with Gasteiger partial charge in [-0.15, -0.1) is 0 Å². The molecule has 0 amide bonds. The van der Waals surface area contributed by atoms with E-state index in [0.29, 0.717) is 22.5 Å². The van der Waals surface area contributed by atoms with Crippen LogP contribution in [-0.2, 0) is 0 Å². The Balaban J connectivity index is 2.09. The van der Waals surface area contributed by atoms with Crippen molar-refractivity contribution in [2.24, 2.45) is 0 Å². The third-order valence-electron chi connectivity index (χ3n) is 3.56. The Morgan fingerprint density at radius 1 is 1.00 bits per heavy atom. The third-order valence-corrected chi connectivity index (χ3v) is 3.56. The molecule has 2 aromatic carbocycles. The Bertz CT molecular complexity index is 1010. The molecule has 5 heteroatoms. The fourth-order valence-corrected chi connectivity index (χ4v) is 2.47. The molecule has 0 aliphatic carbocycles. The van der Waals surface area contributed by atoms with Gasteiger partial charge in [0.1, 0.15) is 0 Å². The molecule has 2 aromatic heterocycles. The van der Waals surface area contributed by atoms with Crippen molar-refractivity contribution in [2.75, 3.05) is 0 Å². The molecular weight excluding hydrogens is 264 g/mol. The number of hydrogen-bond acceptors (Lipinski definition) is 3. The molecule has 0 atom stereocenters. The molecule has 102 valence electrons. The van der Waals surface area contributed by atoms with Crippen LogP contribution in [0.5, 0.6) is 0 Å². The number of nitrogens with one attached hydrogen (secondary N) is 1. The minimum Gasteiger partial charge on any atom is -0.271 e. The topological polar surface area (TPSA) is 63.0 Å². The maximum absolute atomic E-state index is 12.5. The zero-order chi connectivity index (χ0) is 14.4. The second-order valence-electron chi connectivity index (χ2n) is 4.96. The maximum atomic E-state index is 12.5. The second-order valence-corrected chi connectivity index (χ2v) is 4.96. The average Bonchev–Trinajstić information content (AvgIpc) is 2.94. The smallest absolute Gasteiger partial charge is 0.271 e. The summed E-state index contributed by atoms with van der Waals surface area (Å²) < 4.78 is 1.39. The van der Waals surface area contributed by atoms with E-state index in [0.717, 1.165) is 11.1 Å². The Morgan fingerprint density at radius 2 is 1.81 bits per heavy atom. The second kappa shape index (κ2) is 4.28. The molecule has 5 nitrogen and oxygen atoms in total. The highest BCUT2D eigenvalue weighted by Gasteiger charge is 2.11. The van der Waals surface area contributed by atoms with Gasteiger partial charge in [0, 0.05) is 5.56 Å². The van der Waals surface area contributed by atoms with Gasteiger partial charge in [-0.05, 0) is 18.6 Å². The molecule has 0 saturated heterocycles. The van der Waals surface area contributed by atoms with Crippen molar-refractivity contribution in [2.45, 2.75) is 6.92 Å². The Kier molecular flexibility index (Phi) is 2.41. The minimum absolute atomic E-state index is 0.131. The van der Waals surface area contributed by atoms with Crippen molar-refractivity contribution >= 4 is 16.7 Å². The first-order valence-electron chi connectivity index (χ1n) is 6.67. The number of rotatable bonds is 1. The van der Waals surface area contributed by atoms with Crippen LogP contribution in [0.15, 0.2) is 53.3 Å². The first-order valence-corrected chi connectivity index (χ1v) is 6.67. The summed E-state index contributed by atoms with van der Waals surface area (Å²) in [6, 6.07) is 15.3. The van der Waals surface area contributed by atoms with Gasteiger partial charge in [-0.2, -0.15) is 9.50 Å². The number of nitrogens with zero attached hydrogens (tertiary/aromatic N) is 3. The number of H-pyrrole nitrogens is 1. The summed E-state index contributed by atoms with van der Waals surface area (Å²) in [6.45, 7) is 1.94. The van der Waals surface area contributed by atoms with E-state index in [1.165, 1.54) is 4.52 Å². The lowest BCUT2D eigenvalue weighted by molar-refractivity contribution is 0.918. The summed E-state index contributed by atoms with van der Waals surface area (Å²) in [5.41, 5.74) is 2.46. The summed E-state index contributed by atoms with van der Waals surface area (Å²) in [7, 11) is 0. The number of aromatic amines is 1. The molecular formula is C16H12N4O. The van der Waals surface area contributed by atoms with Crippen molar-refractivity contribution < 1.29 is 0 Å². The molecule has 0 spiro atoms. The van der Waals surface area contributed by atoms with E-state index in [1.807, 2.05) is 49.4 Å². The van der Waals surface area contributed by atoms with Crippen LogP contribution < -0.4 is 5.56 Å². The van der Waals surface area contributed by atoms with Crippen molar-refractivity contribution in [1.82, 2.24) is 19.6 Å². The van der Waals surface area contributed by atoms with E-state index >= 15 is 0 Å². The molecule has 1 N–H and O–H groups in total. The van der Waals surface area contributed by atoms with E-state index in [4.69, 9.17) is 0 Å². The Morgan fingerprint density at radius 3 is 2.62 bits per heavy atom. The molecule has 4 aromatic rings. The summed E-state index contributed by atoms with van der Waals surface area (Å²) in [6.07, 6.45) is 0. The molecule has 0 aliphatic rings. The summed E-state index contributed by atoms with van der Waals surface area (Å²) >= 11 is 0. The predicted octanol–water partition coefficient (Wildman–Crippen LogP) is 2.55. The zero-order valence-corrected chi connectivity index (χ0v) is 11.4. The van der Waals surface area contributed by atoms with Crippen LogP contribution in [0.4, 0.5) is 0 Å². The van der Waals surface area contributed by atoms with Gasteiger partial charge in [0.15, 0.2) is 5.82 Å². The van der Waals surface area contributed by atoms with Crippen LogP contribution in [0.25, 0.3) is 28.1 Å². The molecule has 0 unspecified atom stereocenters. The van der Waals surface area contributed by atoms with Crippen molar-refractivity contribution in [1.29, 1.82) is 0 Å². The molecule has 4 rings (SSSR count). The van der Waals surface area contributed by atoms with Crippen molar-refractivity contribution in [3.63, 3.8) is 0 Å². The Labute approximate surface area is 119 Å². The lowest BCUT2D eigenvalue weighted by Crippen LogP contribution is -2.15. The highest BCUT2D eigenvalue weighted by molar-refractivity contribution is 5.82. The summed E-state index contributed by atoms with van der Waals surface area (Å²) in [5.74, 6) is 1.02. The van der Waals surface area contributed by atoms with Crippen LogP contribution in [0.1, 0.15) is 5.56 Å². The standard InChI is InChI=1S/C16H12N4O/c1-10-6-5-9-12-13(10)17-16-18-14(19-20(16)15(12)21)11-7-3-2-4-8-11/h2-9H,1H3,(H,17,18,19). The van der Waals surface area contributed by atoms with Gasteiger partial charge in [0.2, 0.25) is 0 Å².